The van der Waals surface area contributed by atoms with Gasteiger partial charge < -0.3 is 9.84 Å². The summed E-state index contributed by atoms with van der Waals surface area (Å²) < 4.78 is 30.9. The highest BCUT2D eigenvalue weighted by molar-refractivity contribution is 7.91. The zero-order chi connectivity index (χ0) is 14.0. The molecule has 102 valence electrons. The fourth-order valence-corrected chi connectivity index (χ4v) is 2.78. The van der Waals surface area contributed by atoms with E-state index in [9.17, 15) is 18.3 Å². The Balaban J connectivity index is 2.43. The molecule has 0 radical (unpaired) electrons. The summed E-state index contributed by atoms with van der Waals surface area (Å²) in [4.78, 5) is 11.3. The minimum atomic E-state index is -3.87. The number of methoxy groups -OCH3 is 1. The number of carbonyl (C=O) groups excluding carboxylic acids is 1. The predicted octanol–water partition coefficient (Wildman–Crippen LogP) is 0.413. The van der Waals surface area contributed by atoms with Crippen molar-refractivity contribution < 1.29 is 23.1 Å². The van der Waals surface area contributed by atoms with Crippen molar-refractivity contribution in [2.75, 3.05) is 11.4 Å². The minimum absolute atomic E-state index is 0.0622. The van der Waals surface area contributed by atoms with Gasteiger partial charge in [0, 0.05) is 0 Å². The Labute approximate surface area is 110 Å². The standard InChI is InChI=1S/C11H12N2O5S/c1-18-11(15)6-8-4-2-3-5-9(8)13-7-10(14)12-19(13,16)17/h2-5,7,12,14H,6H2,1H3. The van der Waals surface area contributed by atoms with Crippen LogP contribution in [0.15, 0.2) is 36.3 Å². The molecule has 1 aliphatic rings. The van der Waals surface area contributed by atoms with Gasteiger partial charge in [-0.3, -0.25) is 4.79 Å². The van der Waals surface area contributed by atoms with Crippen LogP contribution in [0.25, 0.3) is 0 Å². The largest absolute Gasteiger partial charge is 0.493 e. The molecule has 1 aromatic rings. The van der Waals surface area contributed by atoms with Gasteiger partial charge in [0.2, 0.25) is 5.88 Å². The van der Waals surface area contributed by atoms with E-state index >= 15 is 0 Å². The van der Waals surface area contributed by atoms with Gasteiger partial charge in [0.15, 0.2) is 0 Å². The number of rotatable bonds is 3. The molecule has 1 heterocycles. The Morgan fingerprint density at radius 1 is 1.42 bits per heavy atom. The van der Waals surface area contributed by atoms with Crippen molar-refractivity contribution in [3.05, 3.63) is 41.9 Å². The fraction of sp³-hybridized carbons (Fsp3) is 0.182. The number of hydrogen-bond donors (Lipinski definition) is 2. The molecule has 0 amide bonds. The van der Waals surface area contributed by atoms with Gasteiger partial charge in [-0.15, -0.1) is 0 Å². The molecule has 19 heavy (non-hydrogen) atoms. The maximum Gasteiger partial charge on any atom is 0.330 e. The third kappa shape index (κ3) is 2.63. The molecule has 1 aromatic carbocycles. The molecule has 1 aliphatic heterocycles. The van der Waals surface area contributed by atoms with Crippen LogP contribution in [0, 0.1) is 0 Å². The summed E-state index contributed by atoms with van der Waals surface area (Å²) in [6.45, 7) is 0. The maximum absolute atomic E-state index is 11.8. The number of anilines is 1. The molecule has 0 bridgehead atoms. The van der Waals surface area contributed by atoms with Crippen molar-refractivity contribution in [1.82, 2.24) is 4.72 Å². The van der Waals surface area contributed by atoms with Crippen LogP contribution in [0.5, 0.6) is 0 Å². The second kappa shape index (κ2) is 4.81. The smallest absolute Gasteiger partial charge is 0.330 e. The normalized spacial score (nSPS) is 16.7. The topological polar surface area (TPSA) is 95.9 Å². The number of aliphatic hydroxyl groups excluding tert-OH is 1. The number of aliphatic hydroxyl groups is 1. The van der Waals surface area contributed by atoms with E-state index in [1.54, 1.807) is 18.2 Å². The lowest BCUT2D eigenvalue weighted by Crippen LogP contribution is -2.30. The van der Waals surface area contributed by atoms with E-state index in [-0.39, 0.29) is 12.1 Å². The van der Waals surface area contributed by atoms with E-state index in [0.717, 1.165) is 10.5 Å². The van der Waals surface area contributed by atoms with Gasteiger partial charge in [0.1, 0.15) is 0 Å². The lowest BCUT2D eigenvalue weighted by molar-refractivity contribution is -0.139. The first kappa shape index (κ1) is 13.2. The van der Waals surface area contributed by atoms with Gasteiger partial charge >= 0.3 is 16.2 Å². The summed E-state index contributed by atoms with van der Waals surface area (Å²) in [6.07, 6.45) is 0.971. The van der Waals surface area contributed by atoms with Gasteiger partial charge in [-0.2, -0.15) is 8.42 Å². The molecule has 0 fully saturated rings. The molecule has 0 atom stereocenters. The molecular formula is C11H12N2O5S. The Hall–Kier alpha value is -2.22. The summed E-state index contributed by atoms with van der Waals surface area (Å²) in [6, 6.07) is 6.47. The summed E-state index contributed by atoms with van der Waals surface area (Å²) in [5.74, 6) is -0.960. The molecular weight excluding hydrogens is 272 g/mol. The van der Waals surface area contributed by atoms with Gasteiger partial charge in [-0.05, 0) is 11.6 Å². The van der Waals surface area contributed by atoms with Crippen LogP contribution in [0.1, 0.15) is 5.56 Å². The van der Waals surface area contributed by atoms with Gasteiger partial charge in [0.05, 0.1) is 25.4 Å². The number of esters is 1. The van der Waals surface area contributed by atoms with Crippen LogP contribution < -0.4 is 9.03 Å². The number of carbonyl (C=O) groups is 1. The van der Waals surface area contributed by atoms with Gasteiger partial charge in [-0.1, -0.05) is 18.2 Å². The number of nitrogens with one attached hydrogen (secondary N) is 1. The van der Waals surface area contributed by atoms with Crippen LogP contribution in [0.3, 0.4) is 0 Å². The van der Waals surface area contributed by atoms with E-state index in [2.05, 4.69) is 4.74 Å². The average molecular weight is 284 g/mol. The quantitative estimate of drug-likeness (QED) is 0.784. The Morgan fingerprint density at radius 2 is 2.11 bits per heavy atom. The van der Waals surface area contributed by atoms with E-state index in [0.29, 0.717) is 5.56 Å². The highest BCUT2D eigenvalue weighted by Gasteiger charge is 2.30. The zero-order valence-corrected chi connectivity index (χ0v) is 10.8. The molecule has 2 rings (SSSR count). The highest BCUT2D eigenvalue weighted by Crippen LogP contribution is 2.27. The molecule has 0 unspecified atom stereocenters. The maximum atomic E-state index is 11.8. The van der Waals surface area contributed by atoms with Crippen LogP contribution >= 0.6 is 0 Å². The molecule has 0 spiro atoms. The van der Waals surface area contributed by atoms with Gasteiger partial charge in [-0.25, -0.2) is 9.03 Å². The lowest BCUT2D eigenvalue weighted by atomic mass is 10.1. The molecule has 0 saturated heterocycles. The number of benzene rings is 1. The van der Waals surface area contributed by atoms with Crippen molar-refractivity contribution in [3.8, 4) is 0 Å². The summed E-state index contributed by atoms with van der Waals surface area (Å²) in [7, 11) is -2.61. The number of para-hydroxylation sites is 1. The third-order valence-electron chi connectivity index (χ3n) is 2.52. The Morgan fingerprint density at radius 3 is 2.68 bits per heavy atom. The Kier molecular flexibility index (Phi) is 3.34. The van der Waals surface area contributed by atoms with E-state index < -0.39 is 22.1 Å². The molecule has 0 saturated carbocycles. The molecule has 2 N–H and O–H groups in total. The summed E-state index contributed by atoms with van der Waals surface area (Å²) in [5, 5.41) is 9.25. The number of ether oxygens (including phenoxy) is 1. The van der Waals surface area contributed by atoms with E-state index in [1.165, 1.54) is 13.2 Å². The first-order chi connectivity index (χ1) is 8.94. The van der Waals surface area contributed by atoms with Crippen LogP contribution in [-0.4, -0.2) is 26.6 Å². The first-order valence-corrected chi connectivity index (χ1v) is 6.76. The van der Waals surface area contributed by atoms with Crippen LogP contribution in [0.2, 0.25) is 0 Å². The molecule has 0 aliphatic carbocycles. The molecule has 8 heteroatoms. The van der Waals surface area contributed by atoms with Crippen molar-refractivity contribution in [2.45, 2.75) is 6.42 Å². The Bertz CT molecular complexity index is 638. The molecule has 0 aromatic heterocycles. The summed E-state index contributed by atoms with van der Waals surface area (Å²) >= 11 is 0. The first-order valence-electron chi connectivity index (χ1n) is 5.32. The van der Waals surface area contributed by atoms with E-state index in [4.69, 9.17) is 0 Å². The van der Waals surface area contributed by atoms with Crippen LogP contribution in [0.4, 0.5) is 5.69 Å². The SMILES string of the molecule is COC(=O)Cc1ccccc1N1C=C(O)NS1(=O)=O. The van der Waals surface area contributed by atoms with Crippen molar-refractivity contribution in [3.63, 3.8) is 0 Å². The molecule has 7 nitrogen and oxygen atoms in total. The van der Waals surface area contributed by atoms with Crippen LogP contribution in [-0.2, 0) is 26.2 Å². The third-order valence-corrected chi connectivity index (χ3v) is 3.81. The van der Waals surface area contributed by atoms with Crippen molar-refractivity contribution in [1.29, 1.82) is 0 Å². The summed E-state index contributed by atoms with van der Waals surface area (Å²) in [5.41, 5.74) is 0.759. The van der Waals surface area contributed by atoms with E-state index in [1.807, 2.05) is 4.72 Å². The second-order valence-corrected chi connectivity index (χ2v) is 5.35. The number of nitrogens with zero attached hydrogens (tertiary/aromatic N) is 1. The lowest BCUT2D eigenvalue weighted by Gasteiger charge is -2.17. The predicted molar refractivity (Wildman–Crippen MR) is 67.4 cm³/mol. The highest BCUT2D eigenvalue weighted by atomic mass is 32.2. The fourth-order valence-electron chi connectivity index (χ4n) is 1.69. The van der Waals surface area contributed by atoms with Crippen molar-refractivity contribution >= 4 is 21.9 Å². The zero-order valence-electron chi connectivity index (χ0n) is 10.0. The second-order valence-electron chi connectivity index (χ2n) is 3.80. The average Bonchev–Trinajstić information content (AvgIpc) is 2.63. The number of hydrogen-bond acceptors (Lipinski definition) is 5. The monoisotopic (exact) mass is 284 g/mol. The van der Waals surface area contributed by atoms with Crippen molar-refractivity contribution in [2.24, 2.45) is 0 Å². The minimum Gasteiger partial charge on any atom is -0.493 e. The van der Waals surface area contributed by atoms with Gasteiger partial charge in [0.25, 0.3) is 0 Å².